The maximum atomic E-state index is 10.7. The summed E-state index contributed by atoms with van der Waals surface area (Å²) in [5.74, 6) is 1.81. The van der Waals surface area contributed by atoms with E-state index >= 15 is 0 Å². The van der Waals surface area contributed by atoms with Crippen molar-refractivity contribution in [1.82, 2.24) is 25.5 Å². The number of anilines is 1. The highest BCUT2D eigenvalue weighted by atomic mass is 16.5. The predicted octanol–water partition coefficient (Wildman–Crippen LogP) is 3.06. The highest BCUT2D eigenvalue weighted by Crippen LogP contribution is 2.33. The van der Waals surface area contributed by atoms with Crippen LogP contribution in [0.25, 0.3) is 22.4 Å². The number of nitrogens with one attached hydrogen (secondary N) is 1. The Morgan fingerprint density at radius 3 is 2.68 bits per heavy atom. The number of ether oxygens (including phenoxy) is 1. The van der Waals surface area contributed by atoms with Gasteiger partial charge in [0, 0.05) is 43.0 Å². The van der Waals surface area contributed by atoms with Crippen molar-refractivity contribution in [1.29, 1.82) is 0 Å². The van der Waals surface area contributed by atoms with Crippen LogP contribution in [0.2, 0.25) is 0 Å². The molecule has 1 saturated heterocycles. The molecule has 1 aliphatic rings. The predicted molar refractivity (Wildman–Crippen MR) is 120 cm³/mol. The van der Waals surface area contributed by atoms with Crippen LogP contribution in [0.15, 0.2) is 36.5 Å². The van der Waals surface area contributed by atoms with E-state index in [0.29, 0.717) is 35.0 Å². The molecule has 4 rings (SSSR count). The van der Waals surface area contributed by atoms with Gasteiger partial charge >= 0.3 is 0 Å². The zero-order chi connectivity index (χ0) is 22.0. The fourth-order valence-electron chi connectivity index (χ4n) is 3.78. The molecule has 8 heteroatoms. The third-order valence-electron chi connectivity index (χ3n) is 5.59. The molecule has 3 heterocycles. The molecule has 0 amide bonds. The van der Waals surface area contributed by atoms with Gasteiger partial charge in [-0.1, -0.05) is 19.9 Å². The van der Waals surface area contributed by atoms with Gasteiger partial charge < -0.3 is 20.1 Å². The molecule has 1 fully saturated rings. The Kier molecular flexibility index (Phi) is 5.99. The Labute approximate surface area is 182 Å². The number of aromatic nitrogens is 4. The minimum absolute atomic E-state index is 0.122. The van der Waals surface area contributed by atoms with Crippen molar-refractivity contribution < 1.29 is 9.84 Å². The number of benzene rings is 1. The van der Waals surface area contributed by atoms with Gasteiger partial charge in [-0.3, -0.25) is 0 Å². The van der Waals surface area contributed by atoms with Crippen LogP contribution in [-0.2, 0) is 0 Å². The summed E-state index contributed by atoms with van der Waals surface area (Å²) in [5.41, 5.74) is 3.75. The van der Waals surface area contributed by atoms with Gasteiger partial charge in [-0.15, -0.1) is 10.2 Å². The Bertz CT molecular complexity index is 1050. The molecule has 1 aromatic carbocycles. The monoisotopic (exact) mass is 420 g/mol. The average molecular weight is 421 g/mol. The van der Waals surface area contributed by atoms with E-state index in [2.05, 4.69) is 44.2 Å². The number of aromatic hydroxyl groups is 1. The number of pyridine rings is 1. The summed E-state index contributed by atoms with van der Waals surface area (Å²) in [4.78, 5) is 11.0. The highest BCUT2D eigenvalue weighted by Gasteiger charge is 2.23. The Morgan fingerprint density at radius 2 is 2.00 bits per heavy atom. The Balaban J connectivity index is 1.56. The molecule has 1 atom stereocenters. The van der Waals surface area contributed by atoms with Gasteiger partial charge in [0.25, 0.3) is 0 Å². The summed E-state index contributed by atoms with van der Waals surface area (Å²) in [6.07, 6.45) is 1.67. The molecule has 31 heavy (non-hydrogen) atoms. The molecule has 1 aliphatic heterocycles. The lowest BCUT2D eigenvalue weighted by atomic mass is 10.0. The fraction of sp³-hybridized carbons (Fsp3) is 0.391. The number of methoxy groups -OCH3 is 1. The average Bonchev–Trinajstić information content (AvgIpc) is 2.78. The first-order valence-electron chi connectivity index (χ1n) is 10.5. The fourth-order valence-corrected chi connectivity index (χ4v) is 3.78. The smallest absolute Gasteiger partial charge is 0.245 e. The van der Waals surface area contributed by atoms with E-state index in [4.69, 9.17) is 4.74 Å². The third kappa shape index (κ3) is 4.59. The van der Waals surface area contributed by atoms with Crippen molar-refractivity contribution in [3.63, 3.8) is 0 Å². The molecule has 0 bridgehead atoms. The SMILES string of the molecule is COc1cc(-c2ccc(-c3cnc(N4CCNC(C(C)C)C4)nn3)c(O)c2)cc(C)n1. The van der Waals surface area contributed by atoms with Crippen LogP contribution in [-0.4, -0.2) is 58.1 Å². The maximum Gasteiger partial charge on any atom is 0.245 e. The number of piperazine rings is 1. The quantitative estimate of drug-likeness (QED) is 0.650. The third-order valence-corrected chi connectivity index (χ3v) is 5.59. The molecule has 2 aromatic heterocycles. The van der Waals surface area contributed by atoms with E-state index in [1.165, 1.54) is 0 Å². The number of phenols is 1. The molecule has 3 aromatic rings. The van der Waals surface area contributed by atoms with Crippen LogP contribution in [0.4, 0.5) is 5.95 Å². The normalized spacial score (nSPS) is 16.5. The second-order valence-corrected chi connectivity index (χ2v) is 8.17. The zero-order valence-electron chi connectivity index (χ0n) is 18.3. The van der Waals surface area contributed by atoms with Gasteiger partial charge in [-0.05, 0) is 42.2 Å². The van der Waals surface area contributed by atoms with Crippen molar-refractivity contribution in [3.8, 4) is 34.0 Å². The van der Waals surface area contributed by atoms with Gasteiger partial charge in [0.2, 0.25) is 11.8 Å². The lowest BCUT2D eigenvalue weighted by molar-refractivity contribution is 0.365. The number of phenolic OH excluding ortho intramolecular Hbond substituents is 1. The van der Waals surface area contributed by atoms with Gasteiger partial charge in [0.15, 0.2) is 0 Å². The molecule has 0 spiro atoms. The van der Waals surface area contributed by atoms with E-state index in [-0.39, 0.29) is 5.75 Å². The van der Waals surface area contributed by atoms with Crippen molar-refractivity contribution in [2.24, 2.45) is 5.92 Å². The van der Waals surface area contributed by atoms with Gasteiger partial charge in [-0.25, -0.2) is 9.97 Å². The number of hydrogen-bond acceptors (Lipinski definition) is 8. The molecule has 162 valence electrons. The molecular formula is C23H28N6O2. The summed E-state index contributed by atoms with van der Waals surface area (Å²) in [7, 11) is 1.59. The molecule has 0 saturated carbocycles. The zero-order valence-corrected chi connectivity index (χ0v) is 18.3. The minimum Gasteiger partial charge on any atom is -0.507 e. The minimum atomic E-state index is 0.122. The van der Waals surface area contributed by atoms with E-state index in [1.54, 1.807) is 19.4 Å². The van der Waals surface area contributed by atoms with Gasteiger partial charge in [0.1, 0.15) is 11.4 Å². The summed E-state index contributed by atoms with van der Waals surface area (Å²) in [6, 6.07) is 9.67. The van der Waals surface area contributed by atoms with E-state index in [0.717, 1.165) is 36.5 Å². The van der Waals surface area contributed by atoms with Crippen LogP contribution < -0.4 is 15.0 Å². The number of aryl methyl sites for hydroxylation is 1. The summed E-state index contributed by atoms with van der Waals surface area (Å²) < 4.78 is 5.25. The van der Waals surface area contributed by atoms with E-state index < -0.39 is 0 Å². The lowest BCUT2D eigenvalue weighted by Crippen LogP contribution is -2.53. The lowest BCUT2D eigenvalue weighted by Gasteiger charge is -2.35. The summed E-state index contributed by atoms with van der Waals surface area (Å²) in [6.45, 7) is 8.92. The van der Waals surface area contributed by atoms with Crippen LogP contribution in [0.5, 0.6) is 11.6 Å². The molecule has 0 radical (unpaired) electrons. The molecular weight excluding hydrogens is 392 g/mol. The maximum absolute atomic E-state index is 10.7. The number of hydrogen-bond donors (Lipinski definition) is 2. The highest BCUT2D eigenvalue weighted by molar-refractivity contribution is 5.74. The first-order valence-corrected chi connectivity index (χ1v) is 10.5. The van der Waals surface area contributed by atoms with E-state index in [9.17, 15) is 5.11 Å². The Morgan fingerprint density at radius 1 is 1.16 bits per heavy atom. The largest absolute Gasteiger partial charge is 0.507 e. The summed E-state index contributed by atoms with van der Waals surface area (Å²) in [5, 5.41) is 22.8. The van der Waals surface area contributed by atoms with Crippen molar-refractivity contribution in [3.05, 3.63) is 42.2 Å². The van der Waals surface area contributed by atoms with Gasteiger partial charge in [-0.2, -0.15) is 0 Å². The standard InChI is InChI=1S/C23H28N6O2/c1-14(2)20-13-29(8-7-24-20)23-25-12-19(27-28-23)18-6-5-16(10-21(18)30)17-9-15(3)26-22(11-17)31-4/h5-6,9-12,14,20,24,30H,7-8,13H2,1-4H3. The second kappa shape index (κ2) is 8.85. The summed E-state index contributed by atoms with van der Waals surface area (Å²) >= 11 is 0. The first kappa shape index (κ1) is 21.0. The van der Waals surface area contributed by atoms with E-state index in [1.807, 2.05) is 31.2 Å². The number of rotatable bonds is 5. The van der Waals surface area contributed by atoms with Crippen molar-refractivity contribution in [2.75, 3.05) is 31.6 Å². The van der Waals surface area contributed by atoms with Crippen LogP contribution in [0, 0.1) is 12.8 Å². The Hall–Kier alpha value is -3.26. The van der Waals surface area contributed by atoms with Crippen molar-refractivity contribution in [2.45, 2.75) is 26.8 Å². The first-order chi connectivity index (χ1) is 14.9. The van der Waals surface area contributed by atoms with Gasteiger partial charge in [0.05, 0.1) is 13.3 Å². The van der Waals surface area contributed by atoms with Crippen molar-refractivity contribution >= 4 is 5.95 Å². The second-order valence-electron chi connectivity index (χ2n) is 8.17. The number of nitrogens with zero attached hydrogens (tertiary/aromatic N) is 5. The molecule has 0 aliphatic carbocycles. The molecule has 2 N–H and O–H groups in total. The van der Waals surface area contributed by atoms with Crippen LogP contribution in [0.1, 0.15) is 19.5 Å². The topological polar surface area (TPSA) is 96.3 Å². The van der Waals surface area contributed by atoms with Crippen LogP contribution in [0.3, 0.4) is 0 Å². The molecule has 1 unspecified atom stereocenters. The van der Waals surface area contributed by atoms with Crippen LogP contribution >= 0.6 is 0 Å². The molecule has 8 nitrogen and oxygen atoms in total.